The lowest BCUT2D eigenvalue weighted by atomic mass is 10.0. The Morgan fingerprint density at radius 1 is 1.06 bits per heavy atom. The molecule has 3 heterocycles. The number of hydrogen-bond acceptors (Lipinski definition) is 7. The Kier molecular flexibility index (Phi) is 6.57. The Bertz CT molecular complexity index is 1430. The van der Waals surface area contributed by atoms with Gasteiger partial charge >= 0.3 is 5.63 Å². The molecule has 1 amide bonds. The zero-order valence-corrected chi connectivity index (χ0v) is 19.9. The van der Waals surface area contributed by atoms with Gasteiger partial charge in [0.25, 0.3) is 0 Å². The summed E-state index contributed by atoms with van der Waals surface area (Å²) in [7, 11) is 1.63. The maximum absolute atomic E-state index is 12.9. The first kappa shape index (κ1) is 23.1. The molecular weight excluding hydrogens is 448 g/mol. The SMILES string of the molecule is COc1ccc2cc(-c3oc4cc(C)oc(=O)c4c3CC(=O)NCCN3CCOCC3)ccc2c1. The van der Waals surface area contributed by atoms with E-state index in [9.17, 15) is 9.59 Å². The quantitative estimate of drug-likeness (QED) is 0.436. The van der Waals surface area contributed by atoms with Gasteiger partial charge in [-0.2, -0.15) is 0 Å². The van der Waals surface area contributed by atoms with Crippen molar-refractivity contribution in [3.63, 3.8) is 0 Å². The lowest BCUT2D eigenvalue weighted by molar-refractivity contribution is -0.120. The van der Waals surface area contributed by atoms with Crippen LogP contribution >= 0.6 is 0 Å². The van der Waals surface area contributed by atoms with Crippen LogP contribution in [-0.4, -0.2) is 57.3 Å². The number of carbonyl (C=O) groups excluding carboxylic acids is 1. The van der Waals surface area contributed by atoms with Crippen molar-refractivity contribution in [2.24, 2.45) is 0 Å². The number of fused-ring (bicyclic) bond motifs is 2. The third-order valence-corrected chi connectivity index (χ3v) is 6.33. The second-order valence-corrected chi connectivity index (χ2v) is 8.70. The average molecular weight is 477 g/mol. The lowest BCUT2D eigenvalue weighted by Gasteiger charge is -2.26. The van der Waals surface area contributed by atoms with Gasteiger partial charge in [-0.25, -0.2) is 4.79 Å². The number of ether oxygens (including phenoxy) is 2. The standard InChI is InChI=1S/C27H28N2O6/c1-17-13-23-25(27(31)34-17)22(16-24(30)28-7-8-29-9-11-33-12-10-29)26(35-23)20-4-3-19-15-21(32-2)6-5-18(19)14-20/h3-6,13-15H,7-12,16H2,1-2H3,(H,28,30). The third-order valence-electron chi connectivity index (χ3n) is 6.33. The van der Waals surface area contributed by atoms with Crippen LogP contribution in [0.4, 0.5) is 0 Å². The van der Waals surface area contributed by atoms with Crippen molar-refractivity contribution in [3.05, 3.63) is 64.2 Å². The molecule has 1 saturated heterocycles. The van der Waals surface area contributed by atoms with Gasteiger partial charge < -0.3 is 23.6 Å². The molecule has 0 bridgehead atoms. The molecule has 0 atom stereocenters. The number of benzene rings is 2. The highest BCUT2D eigenvalue weighted by Gasteiger charge is 2.23. The Morgan fingerprint density at radius 3 is 2.63 bits per heavy atom. The second kappa shape index (κ2) is 9.93. The molecule has 1 aliphatic rings. The molecule has 2 aromatic carbocycles. The van der Waals surface area contributed by atoms with Crippen molar-refractivity contribution >= 4 is 27.6 Å². The smallest absolute Gasteiger partial charge is 0.347 e. The first-order valence-electron chi connectivity index (χ1n) is 11.7. The van der Waals surface area contributed by atoms with E-state index in [-0.39, 0.29) is 12.3 Å². The summed E-state index contributed by atoms with van der Waals surface area (Å²) in [4.78, 5) is 27.9. The molecular formula is C27H28N2O6. The fraction of sp³-hybridized carbons (Fsp3) is 0.333. The van der Waals surface area contributed by atoms with Crippen molar-refractivity contribution in [2.75, 3.05) is 46.5 Å². The van der Waals surface area contributed by atoms with E-state index in [0.717, 1.165) is 41.7 Å². The number of aryl methyl sites for hydroxylation is 1. The van der Waals surface area contributed by atoms with Crippen molar-refractivity contribution in [3.8, 4) is 17.1 Å². The van der Waals surface area contributed by atoms with Crippen molar-refractivity contribution in [2.45, 2.75) is 13.3 Å². The lowest BCUT2D eigenvalue weighted by Crippen LogP contribution is -2.41. The van der Waals surface area contributed by atoms with E-state index >= 15 is 0 Å². The summed E-state index contributed by atoms with van der Waals surface area (Å²) in [6.45, 7) is 6.13. The van der Waals surface area contributed by atoms with Crippen LogP contribution < -0.4 is 15.7 Å². The highest BCUT2D eigenvalue weighted by atomic mass is 16.5. The van der Waals surface area contributed by atoms with Crippen molar-refractivity contribution < 1.29 is 23.1 Å². The van der Waals surface area contributed by atoms with Gasteiger partial charge in [0.15, 0.2) is 0 Å². The molecule has 0 saturated carbocycles. The van der Waals surface area contributed by atoms with E-state index in [1.54, 1.807) is 20.1 Å². The van der Waals surface area contributed by atoms with Crippen LogP contribution in [0.1, 0.15) is 11.3 Å². The van der Waals surface area contributed by atoms with Crippen molar-refractivity contribution in [1.82, 2.24) is 10.2 Å². The number of morpholine rings is 1. The number of hydrogen-bond donors (Lipinski definition) is 1. The third kappa shape index (κ3) is 4.94. The molecule has 5 rings (SSSR count). The number of nitrogens with zero attached hydrogens (tertiary/aromatic N) is 1. The highest BCUT2D eigenvalue weighted by molar-refractivity contribution is 5.95. The first-order chi connectivity index (χ1) is 17.0. The Labute approximate surface area is 202 Å². The summed E-state index contributed by atoms with van der Waals surface area (Å²) >= 11 is 0. The summed E-state index contributed by atoms with van der Waals surface area (Å²) in [5, 5.41) is 5.29. The molecule has 35 heavy (non-hydrogen) atoms. The van der Waals surface area contributed by atoms with Crippen LogP contribution in [0, 0.1) is 6.92 Å². The summed E-state index contributed by atoms with van der Waals surface area (Å²) in [6.07, 6.45) is 0.0138. The summed E-state index contributed by atoms with van der Waals surface area (Å²) in [5.41, 5.74) is 1.23. The minimum absolute atomic E-state index is 0.0138. The Hall–Kier alpha value is -3.62. The van der Waals surface area contributed by atoms with Gasteiger partial charge in [0.1, 0.15) is 28.2 Å². The number of carbonyl (C=O) groups is 1. The molecule has 1 N–H and O–H groups in total. The number of methoxy groups -OCH3 is 1. The largest absolute Gasteiger partial charge is 0.497 e. The monoisotopic (exact) mass is 476 g/mol. The average Bonchev–Trinajstić information content (AvgIpc) is 3.22. The van der Waals surface area contributed by atoms with Gasteiger partial charge in [0, 0.05) is 43.4 Å². The van der Waals surface area contributed by atoms with E-state index in [1.807, 2.05) is 36.4 Å². The molecule has 4 aromatic rings. The fourth-order valence-corrected chi connectivity index (χ4v) is 4.52. The maximum Gasteiger partial charge on any atom is 0.347 e. The number of rotatable bonds is 7. The zero-order chi connectivity index (χ0) is 24.4. The molecule has 0 unspecified atom stereocenters. The Balaban J connectivity index is 1.46. The van der Waals surface area contributed by atoms with E-state index in [1.165, 1.54) is 0 Å². The van der Waals surface area contributed by atoms with Gasteiger partial charge in [-0.15, -0.1) is 0 Å². The minimum Gasteiger partial charge on any atom is -0.497 e. The predicted molar refractivity (Wildman–Crippen MR) is 133 cm³/mol. The van der Waals surface area contributed by atoms with Crippen LogP contribution in [-0.2, 0) is 16.0 Å². The van der Waals surface area contributed by atoms with Gasteiger partial charge in [-0.3, -0.25) is 9.69 Å². The topological polar surface area (TPSA) is 94.2 Å². The van der Waals surface area contributed by atoms with E-state index in [0.29, 0.717) is 47.8 Å². The first-order valence-corrected chi connectivity index (χ1v) is 11.7. The van der Waals surface area contributed by atoms with E-state index < -0.39 is 5.63 Å². The van der Waals surface area contributed by atoms with Gasteiger partial charge in [0.2, 0.25) is 5.91 Å². The van der Waals surface area contributed by atoms with Crippen LogP contribution in [0.5, 0.6) is 5.75 Å². The minimum atomic E-state index is -0.503. The van der Waals surface area contributed by atoms with Crippen LogP contribution in [0.25, 0.3) is 33.1 Å². The molecule has 0 aliphatic carbocycles. The molecule has 0 radical (unpaired) electrons. The van der Waals surface area contributed by atoms with Gasteiger partial charge in [0.05, 0.1) is 26.7 Å². The molecule has 182 valence electrons. The molecule has 2 aromatic heterocycles. The van der Waals surface area contributed by atoms with E-state index in [2.05, 4.69) is 10.2 Å². The normalized spacial score (nSPS) is 14.5. The zero-order valence-electron chi connectivity index (χ0n) is 19.9. The van der Waals surface area contributed by atoms with Crippen molar-refractivity contribution in [1.29, 1.82) is 0 Å². The van der Waals surface area contributed by atoms with Crippen LogP contribution in [0.3, 0.4) is 0 Å². The fourth-order valence-electron chi connectivity index (χ4n) is 4.52. The number of nitrogens with one attached hydrogen (secondary N) is 1. The van der Waals surface area contributed by atoms with Crippen LogP contribution in [0.15, 0.2) is 56.1 Å². The van der Waals surface area contributed by atoms with E-state index in [4.69, 9.17) is 18.3 Å². The molecule has 1 fully saturated rings. The van der Waals surface area contributed by atoms with Gasteiger partial charge in [-0.05, 0) is 35.9 Å². The summed E-state index contributed by atoms with van der Waals surface area (Å²) in [5.74, 6) is 1.55. The molecule has 0 spiro atoms. The number of amides is 1. The molecule has 8 heteroatoms. The Morgan fingerprint density at radius 2 is 1.83 bits per heavy atom. The maximum atomic E-state index is 12.9. The van der Waals surface area contributed by atoms with Crippen LogP contribution in [0.2, 0.25) is 0 Å². The summed E-state index contributed by atoms with van der Waals surface area (Å²) < 4.78 is 22.2. The number of furan rings is 1. The highest BCUT2D eigenvalue weighted by Crippen LogP contribution is 2.35. The summed E-state index contributed by atoms with van der Waals surface area (Å²) in [6, 6.07) is 13.4. The molecule has 1 aliphatic heterocycles. The molecule has 8 nitrogen and oxygen atoms in total. The van der Waals surface area contributed by atoms with Gasteiger partial charge in [-0.1, -0.05) is 18.2 Å². The second-order valence-electron chi connectivity index (χ2n) is 8.70. The predicted octanol–water partition coefficient (Wildman–Crippen LogP) is 3.51.